The molecule has 8 heteroatoms. The Labute approximate surface area is 131 Å². The van der Waals surface area contributed by atoms with E-state index in [0.29, 0.717) is 0 Å². The van der Waals surface area contributed by atoms with Crippen molar-refractivity contribution in [3.63, 3.8) is 0 Å². The molecule has 0 aromatic carbocycles. The summed E-state index contributed by atoms with van der Waals surface area (Å²) in [5.41, 5.74) is 10.6. The summed E-state index contributed by atoms with van der Waals surface area (Å²) in [6.45, 7) is 1.72. The summed E-state index contributed by atoms with van der Waals surface area (Å²) in [5, 5.41) is 9.35. The zero-order chi connectivity index (χ0) is 14.2. The van der Waals surface area contributed by atoms with Crippen LogP contribution in [0.3, 0.4) is 0 Å². The molecule has 0 aliphatic carbocycles. The molecule has 0 fully saturated rings. The van der Waals surface area contributed by atoms with E-state index < -0.39 is 0 Å². The molecule has 0 aliphatic rings. The predicted molar refractivity (Wildman–Crippen MR) is 92.7 cm³/mol. The van der Waals surface area contributed by atoms with Crippen LogP contribution in [0, 0.1) is 0 Å². The second-order valence-corrected chi connectivity index (χ2v) is 8.16. The van der Waals surface area contributed by atoms with Crippen LogP contribution in [0.25, 0.3) is 0 Å². The average molecular weight is 340 g/mol. The minimum atomic E-state index is 0.266. The lowest BCUT2D eigenvalue weighted by Gasteiger charge is -1.96. The molecule has 0 amide bonds. The lowest BCUT2D eigenvalue weighted by atomic mass is 10.5. The molecule has 0 spiro atoms. The Morgan fingerprint density at radius 1 is 1.00 bits per heavy atom. The van der Waals surface area contributed by atoms with Gasteiger partial charge in [0, 0.05) is 36.5 Å². The monoisotopic (exact) mass is 339 g/mol. The third-order valence-electron chi connectivity index (χ3n) is 1.44. The van der Waals surface area contributed by atoms with Crippen LogP contribution in [0.2, 0.25) is 0 Å². The van der Waals surface area contributed by atoms with Gasteiger partial charge in [-0.2, -0.15) is 0 Å². The molecule has 0 aliphatic heterocycles. The lowest BCUT2D eigenvalue weighted by Crippen LogP contribution is -2.00. The van der Waals surface area contributed by atoms with Crippen LogP contribution in [-0.2, 0) is 0 Å². The van der Waals surface area contributed by atoms with Gasteiger partial charge in [0.05, 0.1) is 6.61 Å². The van der Waals surface area contributed by atoms with Gasteiger partial charge < -0.3 is 16.6 Å². The summed E-state index contributed by atoms with van der Waals surface area (Å²) in [6.07, 6.45) is 1.80. The Morgan fingerprint density at radius 3 is 2.26 bits per heavy atom. The van der Waals surface area contributed by atoms with E-state index in [1.165, 1.54) is 0 Å². The van der Waals surface area contributed by atoms with Crippen molar-refractivity contribution in [1.29, 1.82) is 0 Å². The topological polar surface area (TPSA) is 85.2 Å². The highest BCUT2D eigenvalue weighted by Gasteiger charge is 1.92. The number of aliphatic hydroxyl groups is 1. The molecule has 0 atom stereocenters. The van der Waals surface area contributed by atoms with E-state index >= 15 is 0 Å². The quantitative estimate of drug-likeness (QED) is 0.466. The van der Waals surface area contributed by atoms with Crippen molar-refractivity contribution >= 4 is 43.2 Å². The van der Waals surface area contributed by atoms with E-state index in [2.05, 4.69) is 4.98 Å². The minimum Gasteiger partial charge on any atom is -0.395 e. The molecule has 1 aromatic heterocycles. The van der Waals surface area contributed by atoms with Crippen LogP contribution < -0.4 is 11.5 Å². The summed E-state index contributed by atoms with van der Waals surface area (Å²) < 4.78 is 0. The number of hydrogen-bond donors (Lipinski definition) is 3. The molecular weight excluding hydrogens is 318 g/mol. The first kappa shape index (κ1) is 19.4. The molecule has 1 heterocycles. The fourth-order valence-corrected chi connectivity index (χ4v) is 4.11. The van der Waals surface area contributed by atoms with Crippen LogP contribution in [0.15, 0.2) is 29.4 Å². The van der Waals surface area contributed by atoms with Gasteiger partial charge in [-0.05, 0) is 22.9 Å². The molecule has 19 heavy (non-hydrogen) atoms. The predicted octanol–water partition coefficient (Wildman–Crippen LogP) is 2.10. The van der Waals surface area contributed by atoms with Gasteiger partial charge in [-0.1, -0.05) is 38.4 Å². The van der Waals surface area contributed by atoms with Gasteiger partial charge in [0.15, 0.2) is 0 Å². The largest absolute Gasteiger partial charge is 0.395 e. The molecule has 5 N–H and O–H groups in total. The van der Waals surface area contributed by atoms with Crippen molar-refractivity contribution < 1.29 is 5.11 Å². The second kappa shape index (κ2) is 16.5. The van der Waals surface area contributed by atoms with Crippen molar-refractivity contribution in [3.05, 3.63) is 24.4 Å². The number of aliphatic hydroxyl groups excluding tert-OH is 1. The Hall–Kier alpha value is 0.430. The second-order valence-electron chi connectivity index (χ2n) is 3.02. The van der Waals surface area contributed by atoms with Crippen molar-refractivity contribution in [1.82, 2.24) is 4.98 Å². The minimum absolute atomic E-state index is 0.266. The van der Waals surface area contributed by atoms with Gasteiger partial charge in [-0.3, -0.25) is 0 Å². The molecular formula is C11H21N3OS4. The molecule has 110 valence electrons. The Morgan fingerprint density at radius 2 is 1.68 bits per heavy atom. The summed E-state index contributed by atoms with van der Waals surface area (Å²) >= 11 is 0. The van der Waals surface area contributed by atoms with Crippen molar-refractivity contribution in [2.75, 3.05) is 37.0 Å². The molecule has 0 saturated carbocycles. The number of nitrogens with zero attached hydrogens (tertiary/aromatic N) is 1. The normalized spacial score (nSPS) is 9.84. The Bertz CT molecular complexity index is 274. The lowest BCUT2D eigenvalue weighted by molar-refractivity contribution is 0.323. The standard InChI is InChI=1S/C7H10N2S2.C4H11NOS2/c8-4-6-10-11-7-3-1-2-5-9-7;5-1-3-7-8-4-2-6/h1-3,5H,4,6,8H2;6H,1-5H2. The van der Waals surface area contributed by atoms with Crippen molar-refractivity contribution in [3.8, 4) is 0 Å². The van der Waals surface area contributed by atoms with Crippen molar-refractivity contribution in [2.45, 2.75) is 5.03 Å². The first-order valence-electron chi connectivity index (χ1n) is 5.81. The van der Waals surface area contributed by atoms with Crippen molar-refractivity contribution in [2.24, 2.45) is 11.5 Å². The zero-order valence-electron chi connectivity index (χ0n) is 10.7. The van der Waals surface area contributed by atoms with Crippen LogP contribution in [-0.4, -0.2) is 47.0 Å². The summed E-state index contributed by atoms with van der Waals surface area (Å²) in [6, 6.07) is 5.89. The zero-order valence-corrected chi connectivity index (χ0v) is 14.0. The average Bonchev–Trinajstić information content (AvgIpc) is 2.46. The molecule has 0 unspecified atom stereocenters. The molecule has 0 saturated heterocycles. The molecule has 1 rings (SSSR count). The maximum Gasteiger partial charge on any atom is 0.106 e. The smallest absolute Gasteiger partial charge is 0.106 e. The van der Waals surface area contributed by atoms with Gasteiger partial charge in [0.2, 0.25) is 0 Å². The molecule has 0 bridgehead atoms. The maximum atomic E-state index is 8.30. The summed E-state index contributed by atoms with van der Waals surface area (Å²) in [5.74, 6) is 2.76. The van der Waals surface area contributed by atoms with E-state index in [-0.39, 0.29) is 6.61 Å². The van der Waals surface area contributed by atoms with E-state index in [9.17, 15) is 0 Å². The van der Waals surface area contributed by atoms with E-state index in [0.717, 1.165) is 35.4 Å². The fourth-order valence-electron chi connectivity index (χ4n) is 0.750. The number of rotatable bonds is 9. The van der Waals surface area contributed by atoms with Gasteiger partial charge in [-0.25, -0.2) is 4.98 Å². The third kappa shape index (κ3) is 14.6. The van der Waals surface area contributed by atoms with E-state index in [4.69, 9.17) is 16.6 Å². The van der Waals surface area contributed by atoms with Gasteiger partial charge in [0.25, 0.3) is 0 Å². The Kier molecular flexibility index (Phi) is 16.9. The van der Waals surface area contributed by atoms with Crippen LogP contribution in [0.4, 0.5) is 0 Å². The van der Waals surface area contributed by atoms with Gasteiger partial charge >= 0.3 is 0 Å². The highest BCUT2D eigenvalue weighted by Crippen LogP contribution is 2.27. The number of aromatic nitrogens is 1. The number of pyridine rings is 1. The molecule has 4 nitrogen and oxygen atoms in total. The highest BCUT2D eigenvalue weighted by molar-refractivity contribution is 8.77. The highest BCUT2D eigenvalue weighted by atomic mass is 33.1. The summed E-state index contributed by atoms with van der Waals surface area (Å²) in [4.78, 5) is 4.15. The third-order valence-corrected chi connectivity index (χ3v) is 6.16. The van der Waals surface area contributed by atoms with Gasteiger partial charge in [0.1, 0.15) is 5.03 Å². The maximum absolute atomic E-state index is 8.30. The van der Waals surface area contributed by atoms with Gasteiger partial charge in [-0.15, -0.1) is 0 Å². The van der Waals surface area contributed by atoms with E-state index in [1.807, 2.05) is 18.2 Å². The molecule has 1 aromatic rings. The van der Waals surface area contributed by atoms with Crippen LogP contribution in [0.5, 0.6) is 0 Å². The van der Waals surface area contributed by atoms with Crippen LogP contribution in [0.1, 0.15) is 0 Å². The molecule has 0 radical (unpaired) electrons. The first-order valence-corrected chi connectivity index (χ1v) is 10.6. The number of nitrogens with two attached hydrogens (primary N) is 2. The summed E-state index contributed by atoms with van der Waals surface area (Å²) in [7, 11) is 6.78. The number of hydrogen-bond acceptors (Lipinski definition) is 8. The Balaban J connectivity index is 0.000000362. The SMILES string of the molecule is NCCSSCCO.NCCSSc1ccccn1. The first-order chi connectivity index (χ1) is 9.35. The van der Waals surface area contributed by atoms with Crippen LogP contribution >= 0.6 is 43.2 Å². The van der Waals surface area contributed by atoms with E-state index in [1.54, 1.807) is 49.4 Å². The fraction of sp³-hybridized carbons (Fsp3) is 0.545.